The molecular formula is C15H15NO2. The van der Waals surface area contributed by atoms with Gasteiger partial charge in [0.25, 0.3) is 0 Å². The zero-order valence-corrected chi connectivity index (χ0v) is 9.95. The van der Waals surface area contributed by atoms with Gasteiger partial charge in [0.1, 0.15) is 6.10 Å². The van der Waals surface area contributed by atoms with Crippen LogP contribution in [0.25, 0.3) is 0 Å². The topological polar surface area (TPSA) is 38.3 Å². The van der Waals surface area contributed by atoms with Crippen LogP contribution in [0.4, 0.5) is 5.69 Å². The van der Waals surface area contributed by atoms with Crippen LogP contribution < -0.4 is 5.48 Å². The van der Waals surface area contributed by atoms with E-state index in [1.54, 1.807) is 0 Å². The first-order valence-electron chi connectivity index (χ1n) is 5.84. The number of carbonyl (C=O) groups excluding carboxylic acids is 1. The highest BCUT2D eigenvalue weighted by atomic mass is 16.7. The lowest BCUT2D eigenvalue weighted by atomic mass is 10.1. The summed E-state index contributed by atoms with van der Waals surface area (Å²) in [5.41, 5.74) is 4.69. The Bertz CT molecular complexity index is 470. The van der Waals surface area contributed by atoms with Crippen LogP contribution in [0.5, 0.6) is 0 Å². The standard InChI is InChI=1S/C15H15NO2/c17-12-15(11-13-7-3-1-4-8-13)18-16-14-9-5-2-6-10-14/h1-10,12,15-16H,11H2/t15-/m1/s1. The van der Waals surface area contributed by atoms with Gasteiger partial charge < -0.3 is 4.79 Å². The molecule has 0 saturated carbocycles. The van der Waals surface area contributed by atoms with Crippen LogP contribution in [-0.4, -0.2) is 12.4 Å². The Hall–Kier alpha value is -2.13. The lowest BCUT2D eigenvalue weighted by Gasteiger charge is -2.13. The van der Waals surface area contributed by atoms with Crippen molar-refractivity contribution in [2.75, 3.05) is 5.48 Å². The van der Waals surface area contributed by atoms with Crippen LogP contribution in [0.15, 0.2) is 60.7 Å². The maximum absolute atomic E-state index is 11.0. The number of para-hydroxylation sites is 1. The molecule has 2 aromatic rings. The molecule has 0 aliphatic heterocycles. The van der Waals surface area contributed by atoms with Gasteiger partial charge >= 0.3 is 0 Å². The summed E-state index contributed by atoms with van der Waals surface area (Å²) in [5, 5.41) is 0. The molecule has 18 heavy (non-hydrogen) atoms. The van der Waals surface area contributed by atoms with Crippen LogP contribution in [0.1, 0.15) is 5.56 Å². The summed E-state index contributed by atoms with van der Waals surface area (Å²) in [4.78, 5) is 16.3. The monoisotopic (exact) mass is 241 g/mol. The molecule has 0 unspecified atom stereocenters. The second-order valence-corrected chi connectivity index (χ2v) is 3.95. The fourth-order valence-corrected chi connectivity index (χ4v) is 1.61. The van der Waals surface area contributed by atoms with Gasteiger partial charge in [-0.15, -0.1) is 0 Å². The highest BCUT2D eigenvalue weighted by molar-refractivity contribution is 5.57. The van der Waals surface area contributed by atoms with E-state index in [0.29, 0.717) is 6.42 Å². The van der Waals surface area contributed by atoms with Gasteiger partial charge in [0.05, 0.1) is 5.69 Å². The Morgan fingerprint density at radius 2 is 1.61 bits per heavy atom. The van der Waals surface area contributed by atoms with Gasteiger partial charge in [-0.25, -0.2) is 0 Å². The minimum absolute atomic E-state index is 0.493. The van der Waals surface area contributed by atoms with Gasteiger partial charge in [-0.2, -0.15) is 0 Å². The summed E-state index contributed by atoms with van der Waals surface area (Å²) in [6, 6.07) is 19.3. The van der Waals surface area contributed by atoms with E-state index in [0.717, 1.165) is 17.5 Å². The maximum Gasteiger partial charge on any atom is 0.151 e. The van der Waals surface area contributed by atoms with Crippen molar-refractivity contribution in [1.29, 1.82) is 0 Å². The molecule has 0 fully saturated rings. The fourth-order valence-electron chi connectivity index (χ4n) is 1.61. The maximum atomic E-state index is 11.0. The number of nitrogens with one attached hydrogen (secondary N) is 1. The summed E-state index contributed by atoms with van der Waals surface area (Å²) in [6.07, 6.45) is 0.875. The molecule has 1 N–H and O–H groups in total. The molecule has 3 heteroatoms. The summed E-state index contributed by atoms with van der Waals surface area (Å²) in [7, 11) is 0. The third-order valence-corrected chi connectivity index (χ3v) is 2.53. The first-order chi connectivity index (χ1) is 8.88. The summed E-state index contributed by atoms with van der Waals surface area (Å²) < 4.78 is 0. The van der Waals surface area contributed by atoms with Crippen molar-refractivity contribution in [3.8, 4) is 0 Å². The Kier molecular flexibility index (Phi) is 4.50. The molecule has 0 amide bonds. The molecule has 0 bridgehead atoms. The lowest BCUT2D eigenvalue weighted by Crippen LogP contribution is -2.21. The van der Waals surface area contributed by atoms with Gasteiger partial charge in [0.2, 0.25) is 0 Å². The molecule has 0 aromatic heterocycles. The molecule has 0 spiro atoms. The summed E-state index contributed by atoms with van der Waals surface area (Å²) in [6.45, 7) is 0. The number of aldehydes is 1. The number of rotatable bonds is 6. The van der Waals surface area contributed by atoms with E-state index >= 15 is 0 Å². The first-order valence-corrected chi connectivity index (χ1v) is 5.84. The van der Waals surface area contributed by atoms with E-state index in [9.17, 15) is 4.79 Å². The van der Waals surface area contributed by atoms with Gasteiger partial charge in [0, 0.05) is 6.42 Å². The Labute approximate surface area is 106 Å². The van der Waals surface area contributed by atoms with Crippen molar-refractivity contribution >= 4 is 12.0 Å². The van der Waals surface area contributed by atoms with Crippen LogP contribution in [-0.2, 0) is 16.1 Å². The number of anilines is 1. The highest BCUT2D eigenvalue weighted by Crippen LogP contribution is 2.08. The first kappa shape index (κ1) is 12.3. The van der Waals surface area contributed by atoms with E-state index in [-0.39, 0.29) is 0 Å². The SMILES string of the molecule is O=C[C@@H](Cc1ccccc1)ONc1ccccc1. The van der Waals surface area contributed by atoms with E-state index in [4.69, 9.17) is 4.84 Å². The van der Waals surface area contributed by atoms with E-state index in [2.05, 4.69) is 5.48 Å². The zero-order chi connectivity index (χ0) is 12.6. The predicted octanol–water partition coefficient (Wildman–Crippen LogP) is 2.84. The van der Waals surface area contributed by atoms with E-state index in [1.807, 2.05) is 60.7 Å². The molecule has 2 aromatic carbocycles. The van der Waals surface area contributed by atoms with Crippen molar-refractivity contribution < 1.29 is 9.63 Å². The van der Waals surface area contributed by atoms with Gasteiger partial charge in [-0.1, -0.05) is 48.5 Å². The third kappa shape index (κ3) is 3.71. The van der Waals surface area contributed by atoms with Crippen molar-refractivity contribution in [1.82, 2.24) is 0 Å². The largest absolute Gasteiger partial charge is 0.300 e. The van der Waals surface area contributed by atoms with Crippen LogP contribution in [0, 0.1) is 0 Å². The Morgan fingerprint density at radius 3 is 2.22 bits per heavy atom. The smallest absolute Gasteiger partial charge is 0.151 e. The summed E-state index contributed by atoms with van der Waals surface area (Å²) >= 11 is 0. The molecule has 0 aliphatic carbocycles. The van der Waals surface area contributed by atoms with Crippen LogP contribution >= 0.6 is 0 Å². The number of carbonyl (C=O) groups is 1. The molecular weight excluding hydrogens is 226 g/mol. The second kappa shape index (κ2) is 6.57. The predicted molar refractivity (Wildman–Crippen MR) is 71.1 cm³/mol. The molecule has 1 atom stereocenters. The molecule has 0 aliphatic rings. The third-order valence-electron chi connectivity index (χ3n) is 2.53. The van der Waals surface area contributed by atoms with Crippen LogP contribution in [0.2, 0.25) is 0 Å². The highest BCUT2D eigenvalue weighted by Gasteiger charge is 2.09. The van der Waals surface area contributed by atoms with Crippen molar-refractivity contribution in [3.05, 3.63) is 66.2 Å². The van der Waals surface area contributed by atoms with Crippen molar-refractivity contribution in [2.45, 2.75) is 12.5 Å². The minimum atomic E-state index is -0.493. The average molecular weight is 241 g/mol. The normalized spacial score (nSPS) is 11.8. The minimum Gasteiger partial charge on any atom is -0.300 e. The zero-order valence-electron chi connectivity index (χ0n) is 9.95. The van der Waals surface area contributed by atoms with E-state index in [1.165, 1.54) is 0 Å². The second-order valence-electron chi connectivity index (χ2n) is 3.95. The van der Waals surface area contributed by atoms with Crippen molar-refractivity contribution in [3.63, 3.8) is 0 Å². The fraction of sp³-hybridized carbons (Fsp3) is 0.133. The number of hydrogen-bond acceptors (Lipinski definition) is 3. The van der Waals surface area contributed by atoms with Crippen LogP contribution in [0.3, 0.4) is 0 Å². The Balaban J connectivity index is 1.88. The van der Waals surface area contributed by atoms with Gasteiger partial charge in [0.15, 0.2) is 6.29 Å². The lowest BCUT2D eigenvalue weighted by molar-refractivity contribution is -0.116. The van der Waals surface area contributed by atoms with Gasteiger partial charge in [-0.05, 0) is 17.7 Å². The van der Waals surface area contributed by atoms with Crippen molar-refractivity contribution in [2.24, 2.45) is 0 Å². The molecule has 0 heterocycles. The molecule has 3 nitrogen and oxygen atoms in total. The number of benzene rings is 2. The average Bonchev–Trinajstić information content (AvgIpc) is 2.45. The molecule has 92 valence electrons. The van der Waals surface area contributed by atoms with Gasteiger partial charge in [-0.3, -0.25) is 10.3 Å². The quantitative estimate of drug-likeness (QED) is 0.624. The number of hydrogen-bond donors (Lipinski definition) is 1. The molecule has 2 rings (SSSR count). The Morgan fingerprint density at radius 1 is 1.00 bits per heavy atom. The molecule has 0 saturated heterocycles. The summed E-state index contributed by atoms with van der Waals surface area (Å²) in [5.74, 6) is 0. The van der Waals surface area contributed by atoms with E-state index < -0.39 is 6.10 Å². The molecule has 0 radical (unpaired) electrons.